The van der Waals surface area contributed by atoms with Gasteiger partial charge in [-0.15, -0.1) is 11.8 Å². The third-order valence-electron chi connectivity index (χ3n) is 2.94. The topological polar surface area (TPSA) is 119 Å². The van der Waals surface area contributed by atoms with Gasteiger partial charge in [-0.2, -0.15) is 0 Å². The highest BCUT2D eigenvalue weighted by molar-refractivity contribution is 7.99. The number of ether oxygens (including phenoxy) is 1. The number of rotatable bonds is 8. The molecule has 0 saturated carbocycles. The molecule has 1 unspecified atom stereocenters. The second-order valence-corrected chi connectivity index (χ2v) is 7.52. The number of carbonyl (C=O) groups is 2. The summed E-state index contributed by atoms with van der Waals surface area (Å²) in [5.74, 6) is -1.26. The minimum atomic E-state index is -1.23. The van der Waals surface area contributed by atoms with Crippen LogP contribution in [0.2, 0.25) is 0 Å². The number of hydrogen-bond donors (Lipinski definition) is 2. The van der Waals surface area contributed by atoms with Crippen molar-refractivity contribution in [3.63, 3.8) is 0 Å². The maximum absolute atomic E-state index is 11.8. The average Bonchev–Trinajstić information content (AvgIpc) is 2.48. The van der Waals surface area contributed by atoms with E-state index in [-0.39, 0.29) is 12.3 Å². The lowest BCUT2D eigenvalue weighted by Gasteiger charge is -2.22. The standard InChI is InChI=1S/C16H22N2O6S/c1-16(2,3)24-15(21)17-12(14(19)20)10-25-13(9-18(22)23)11-7-5-4-6-8-11/h4-8,12-13H,9-10H2,1-3H3,(H,17,21)(H,19,20)/t12-,13?/m0/s1. The zero-order chi connectivity index (χ0) is 19.0. The molecule has 1 amide bonds. The molecule has 1 rings (SSSR count). The van der Waals surface area contributed by atoms with Crippen molar-refractivity contribution in [2.45, 2.75) is 37.7 Å². The van der Waals surface area contributed by atoms with Crippen LogP contribution in [0.1, 0.15) is 31.6 Å². The van der Waals surface area contributed by atoms with E-state index in [0.717, 1.165) is 17.3 Å². The second-order valence-electron chi connectivity index (χ2n) is 6.29. The number of alkyl carbamates (subject to hydrolysis) is 1. The number of carboxylic acids is 1. The van der Waals surface area contributed by atoms with Crippen molar-refractivity contribution < 1.29 is 24.4 Å². The Morgan fingerprint density at radius 3 is 2.40 bits per heavy atom. The van der Waals surface area contributed by atoms with Crippen molar-refractivity contribution in [2.75, 3.05) is 12.3 Å². The van der Waals surface area contributed by atoms with Gasteiger partial charge in [-0.05, 0) is 26.3 Å². The Balaban J connectivity index is 2.74. The highest BCUT2D eigenvalue weighted by Gasteiger charge is 2.27. The van der Waals surface area contributed by atoms with Crippen LogP contribution in [-0.2, 0) is 9.53 Å². The van der Waals surface area contributed by atoms with Crippen molar-refractivity contribution in [2.24, 2.45) is 0 Å². The third kappa shape index (κ3) is 8.39. The van der Waals surface area contributed by atoms with E-state index in [1.807, 2.05) is 0 Å². The molecule has 0 aliphatic rings. The molecule has 1 aromatic carbocycles. The quantitative estimate of drug-likeness (QED) is 0.533. The van der Waals surface area contributed by atoms with E-state index >= 15 is 0 Å². The van der Waals surface area contributed by atoms with E-state index in [9.17, 15) is 24.8 Å². The van der Waals surface area contributed by atoms with Gasteiger partial charge in [0.2, 0.25) is 6.54 Å². The molecule has 0 aromatic heterocycles. The number of hydrogen-bond acceptors (Lipinski definition) is 6. The number of nitro groups is 1. The molecule has 0 saturated heterocycles. The van der Waals surface area contributed by atoms with Crippen LogP contribution in [0.15, 0.2) is 30.3 Å². The molecule has 0 spiro atoms. The van der Waals surface area contributed by atoms with Crippen LogP contribution in [0.3, 0.4) is 0 Å². The van der Waals surface area contributed by atoms with Gasteiger partial charge in [-0.25, -0.2) is 9.59 Å². The minimum absolute atomic E-state index is 0.0258. The van der Waals surface area contributed by atoms with E-state index in [2.05, 4.69) is 5.32 Å². The molecule has 0 aliphatic carbocycles. The van der Waals surface area contributed by atoms with Crippen molar-refractivity contribution in [3.05, 3.63) is 46.0 Å². The fraction of sp³-hybridized carbons (Fsp3) is 0.500. The molecule has 0 heterocycles. The summed E-state index contributed by atoms with van der Waals surface area (Å²) in [5.41, 5.74) is -0.0241. The van der Waals surface area contributed by atoms with Crippen LogP contribution < -0.4 is 5.32 Å². The van der Waals surface area contributed by atoms with E-state index in [0.29, 0.717) is 0 Å². The zero-order valence-corrected chi connectivity index (χ0v) is 15.1. The number of carbonyl (C=O) groups excluding carboxylic acids is 1. The molecule has 138 valence electrons. The summed E-state index contributed by atoms with van der Waals surface area (Å²) in [5, 5.41) is 21.9. The largest absolute Gasteiger partial charge is 0.480 e. The Bertz CT molecular complexity index is 602. The van der Waals surface area contributed by atoms with Crippen molar-refractivity contribution >= 4 is 23.8 Å². The lowest BCUT2D eigenvalue weighted by atomic mass is 10.1. The van der Waals surface area contributed by atoms with E-state index in [4.69, 9.17) is 4.74 Å². The first-order valence-electron chi connectivity index (χ1n) is 7.59. The predicted octanol–water partition coefficient (Wildman–Crippen LogP) is 2.72. The number of nitrogens with zero attached hydrogens (tertiary/aromatic N) is 1. The van der Waals surface area contributed by atoms with Crippen LogP contribution >= 0.6 is 11.8 Å². The van der Waals surface area contributed by atoms with Crippen LogP contribution in [0, 0.1) is 10.1 Å². The van der Waals surface area contributed by atoms with Gasteiger partial charge in [-0.3, -0.25) is 10.1 Å². The SMILES string of the molecule is CC(C)(C)OC(=O)N[C@@H](CSC(C[N+](=O)[O-])c1ccccc1)C(=O)O. The molecular weight excluding hydrogens is 348 g/mol. The van der Waals surface area contributed by atoms with Gasteiger partial charge >= 0.3 is 12.1 Å². The van der Waals surface area contributed by atoms with Gasteiger partial charge in [0.25, 0.3) is 0 Å². The molecule has 0 aliphatic heterocycles. The molecule has 2 N–H and O–H groups in total. The lowest BCUT2D eigenvalue weighted by Crippen LogP contribution is -2.45. The summed E-state index contributed by atoms with van der Waals surface area (Å²) in [6, 6.07) is 7.60. The van der Waals surface area contributed by atoms with Crippen LogP contribution in [0.25, 0.3) is 0 Å². The fourth-order valence-corrected chi connectivity index (χ4v) is 3.12. The monoisotopic (exact) mass is 370 g/mol. The zero-order valence-electron chi connectivity index (χ0n) is 14.3. The summed E-state index contributed by atoms with van der Waals surface area (Å²) < 4.78 is 5.04. The minimum Gasteiger partial charge on any atom is -0.480 e. The second kappa shape index (κ2) is 9.26. The number of carboxylic acid groups (broad SMARTS) is 1. The van der Waals surface area contributed by atoms with Crippen LogP contribution in [0.4, 0.5) is 4.79 Å². The van der Waals surface area contributed by atoms with Crippen molar-refractivity contribution in [3.8, 4) is 0 Å². The number of benzene rings is 1. The fourth-order valence-electron chi connectivity index (χ4n) is 1.89. The Morgan fingerprint density at radius 2 is 1.92 bits per heavy atom. The summed E-state index contributed by atoms with van der Waals surface area (Å²) >= 11 is 1.11. The Morgan fingerprint density at radius 1 is 1.32 bits per heavy atom. The van der Waals surface area contributed by atoms with Crippen LogP contribution in [0.5, 0.6) is 0 Å². The summed E-state index contributed by atoms with van der Waals surface area (Å²) in [7, 11) is 0. The highest BCUT2D eigenvalue weighted by atomic mass is 32.2. The summed E-state index contributed by atoms with van der Waals surface area (Å²) in [6.07, 6.45) is -0.842. The molecule has 0 radical (unpaired) electrons. The number of aliphatic carboxylic acids is 1. The van der Waals surface area contributed by atoms with Gasteiger partial charge in [0.15, 0.2) is 0 Å². The summed E-state index contributed by atoms with van der Waals surface area (Å²) in [4.78, 5) is 33.5. The van der Waals surface area contributed by atoms with Gasteiger partial charge < -0.3 is 15.2 Å². The maximum Gasteiger partial charge on any atom is 0.408 e. The van der Waals surface area contributed by atoms with E-state index < -0.39 is 33.9 Å². The molecule has 0 fully saturated rings. The Hall–Kier alpha value is -2.29. The summed E-state index contributed by atoms with van der Waals surface area (Å²) in [6.45, 7) is 4.66. The molecule has 2 atom stereocenters. The first-order valence-corrected chi connectivity index (χ1v) is 8.64. The molecule has 1 aromatic rings. The average molecular weight is 370 g/mol. The molecule has 25 heavy (non-hydrogen) atoms. The molecular formula is C16H22N2O6S. The smallest absolute Gasteiger partial charge is 0.408 e. The Kier molecular flexibility index (Phi) is 7.69. The maximum atomic E-state index is 11.8. The highest BCUT2D eigenvalue weighted by Crippen LogP contribution is 2.29. The predicted molar refractivity (Wildman–Crippen MR) is 94.3 cm³/mol. The van der Waals surface area contributed by atoms with E-state index in [1.165, 1.54) is 0 Å². The van der Waals surface area contributed by atoms with Gasteiger partial charge in [0, 0.05) is 10.7 Å². The third-order valence-corrected chi connectivity index (χ3v) is 4.29. The Labute approximate surface area is 150 Å². The molecule has 9 heteroatoms. The number of amides is 1. The van der Waals surface area contributed by atoms with Crippen LogP contribution in [-0.4, -0.2) is 46.0 Å². The van der Waals surface area contributed by atoms with Gasteiger partial charge in [0.1, 0.15) is 11.6 Å². The number of nitrogens with one attached hydrogen (secondary N) is 1. The van der Waals surface area contributed by atoms with Gasteiger partial charge in [-0.1, -0.05) is 30.3 Å². The first kappa shape index (κ1) is 20.8. The van der Waals surface area contributed by atoms with Gasteiger partial charge in [0.05, 0.1) is 5.25 Å². The van der Waals surface area contributed by atoms with E-state index in [1.54, 1.807) is 51.1 Å². The normalized spacial score (nSPS) is 13.6. The van der Waals surface area contributed by atoms with Crippen molar-refractivity contribution in [1.29, 1.82) is 0 Å². The number of thioether (sulfide) groups is 1. The first-order chi connectivity index (χ1) is 11.6. The molecule has 8 nitrogen and oxygen atoms in total. The molecule has 0 bridgehead atoms. The lowest BCUT2D eigenvalue weighted by molar-refractivity contribution is -0.479. The van der Waals surface area contributed by atoms with Crippen molar-refractivity contribution in [1.82, 2.24) is 5.32 Å².